The second-order valence-corrected chi connectivity index (χ2v) is 9.99. The van der Waals surface area contributed by atoms with Gasteiger partial charge in [0.15, 0.2) is 0 Å². The van der Waals surface area contributed by atoms with Crippen molar-refractivity contribution in [2.24, 2.45) is 28.6 Å². The van der Waals surface area contributed by atoms with E-state index in [-0.39, 0.29) is 29.3 Å². The number of rotatable bonds is 2. The summed E-state index contributed by atoms with van der Waals surface area (Å²) in [5.41, 5.74) is -0.107. The molecule has 5 rings (SSSR count). The fourth-order valence-corrected chi connectivity index (χ4v) is 7.18. The Hall–Kier alpha value is -0.650. The molecule has 3 aliphatic carbocycles. The average Bonchev–Trinajstić information content (AvgIpc) is 2.94. The highest BCUT2D eigenvalue weighted by molar-refractivity contribution is 5.76. The predicted molar refractivity (Wildman–Crippen MR) is 93.9 cm³/mol. The molecule has 3 saturated carbocycles. The molecule has 2 saturated heterocycles. The molecule has 2 aliphatic heterocycles. The summed E-state index contributed by atoms with van der Waals surface area (Å²) in [5, 5.41) is 14.5. The first-order chi connectivity index (χ1) is 11.9. The van der Waals surface area contributed by atoms with Gasteiger partial charge in [-0.3, -0.25) is 9.69 Å². The number of esters is 1. The zero-order chi connectivity index (χ0) is 17.4. The Morgan fingerprint density at radius 2 is 2.00 bits per heavy atom. The van der Waals surface area contributed by atoms with Crippen LogP contribution in [0.5, 0.6) is 0 Å². The monoisotopic (exact) mass is 348 g/mol. The number of hydrogen-bond donors (Lipinski definition) is 2. The van der Waals surface area contributed by atoms with E-state index >= 15 is 0 Å². The minimum atomic E-state index is -0.685. The maximum Gasteiger partial charge on any atom is 0.310 e. The largest absolute Gasteiger partial charge is 0.461 e. The molecular weight excluding hydrogens is 316 g/mol. The second kappa shape index (κ2) is 5.20. The van der Waals surface area contributed by atoms with Gasteiger partial charge in [-0.1, -0.05) is 6.92 Å². The Kier molecular flexibility index (Phi) is 3.44. The zero-order valence-electron chi connectivity index (χ0n) is 15.6. The van der Waals surface area contributed by atoms with Crippen LogP contribution in [0, 0.1) is 28.6 Å². The van der Waals surface area contributed by atoms with Gasteiger partial charge in [-0.25, -0.2) is 0 Å². The van der Waals surface area contributed by atoms with E-state index in [2.05, 4.69) is 17.1 Å². The molecule has 5 heteroatoms. The molecule has 25 heavy (non-hydrogen) atoms. The van der Waals surface area contributed by atoms with Gasteiger partial charge < -0.3 is 15.2 Å². The lowest BCUT2D eigenvalue weighted by Gasteiger charge is -2.36. The van der Waals surface area contributed by atoms with Crippen molar-refractivity contribution in [3.05, 3.63) is 0 Å². The normalized spacial score (nSPS) is 55.1. The van der Waals surface area contributed by atoms with E-state index in [0.29, 0.717) is 11.3 Å². The third kappa shape index (κ3) is 2.21. The number of nitrogens with zero attached hydrogens (tertiary/aromatic N) is 1. The van der Waals surface area contributed by atoms with Crippen LogP contribution in [0.3, 0.4) is 0 Å². The standard InChI is InChI=1S/C20H32N2O3/c1-18-4-3-13-14(11-22-9-7-21-8-10-22)17(23)25-15(13)16-19(2,24)5-6-20(16,18)12-18/h13-16,21,24H,3-12H2,1-2H3/t13-,14-,15-,16-,18-,19+,20-/m0/s1. The fourth-order valence-electron chi connectivity index (χ4n) is 7.18. The summed E-state index contributed by atoms with van der Waals surface area (Å²) >= 11 is 0. The van der Waals surface area contributed by atoms with Crippen molar-refractivity contribution in [2.75, 3.05) is 32.7 Å². The first-order valence-electron chi connectivity index (χ1n) is 10.2. The Bertz CT molecular complexity index is 587. The van der Waals surface area contributed by atoms with E-state index in [4.69, 9.17) is 4.74 Å². The number of aliphatic hydroxyl groups is 1. The van der Waals surface area contributed by atoms with Crippen molar-refractivity contribution in [1.29, 1.82) is 0 Å². The first-order valence-corrected chi connectivity index (χ1v) is 10.2. The van der Waals surface area contributed by atoms with Crippen LogP contribution in [-0.2, 0) is 9.53 Å². The molecule has 5 aliphatic rings. The summed E-state index contributed by atoms with van der Waals surface area (Å²) in [6.07, 6.45) is 5.38. The maximum absolute atomic E-state index is 12.8. The summed E-state index contributed by atoms with van der Waals surface area (Å²) in [5.74, 6) is 0.418. The van der Waals surface area contributed by atoms with Crippen molar-refractivity contribution in [1.82, 2.24) is 10.2 Å². The number of nitrogens with one attached hydrogen (secondary N) is 1. The van der Waals surface area contributed by atoms with Crippen LogP contribution >= 0.6 is 0 Å². The highest BCUT2D eigenvalue weighted by atomic mass is 16.6. The van der Waals surface area contributed by atoms with Crippen molar-refractivity contribution in [2.45, 2.75) is 57.7 Å². The smallest absolute Gasteiger partial charge is 0.310 e. The number of carbonyl (C=O) groups is 1. The van der Waals surface area contributed by atoms with Gasteiger partial charge in [0.2, 0.25) is 0 Å². The van der Waals surface area contributed by atoms with E-state index < -0.39 is 5.60 Å². The van der Waals surface area contributed by atoms with E-state index in [1.807, 2.05) is 6.92 Å². The molecule has 0 bridgehead atoms. The van der Waals surface area contributed by atoms with E-state index in [0.717, 1.165) is 52.0 Å². The van der Waals surface area contributed by atoms with Crippen LogP contribution in [0.1, 0.15) is 46.0 Å². The molecule has 0 aromatic heterocycles. The molecule has 5 fully saturated rings. The van der Waals surface area contributed by atoms with Gasteiger partial charge in [-0.15, -0.1) is 0 Å². The zero-order valence-corrected chi connectivity index (χ0v) is 15.6. The molecule has 0 unspecified atom stereocenters. The third-order valence-corrected chi connectivity index (χ3v) is 8.64. The first kappa shape index (κ1) is 16.5. The van der Waals surface area contributed by atoms with Gasteiger partial charge in [0.05, 0.1) is 11.5 Å². The molecule has 140 valence electrons. The summed E-state index contributed by atoms with van der Waals surface area (Å²) in [6.45, 7) is 9.29. The molecule has 1 spiro atoms. The van der Waals surface area contributed by atoms with Gasteiger partial charge in [-0.2, -0.15) is 0 Å². The quantitative estimate of drug-likeness (QED) is 0.739. The van der Waals surface area contributed by atoms with Crippen LogP contribution in [0.25, 0.3) is 0 Å². The van der Waals surface area contributed by atoms with Crippen molar-refractivity contribution >= 4 is 5.97 Å². The maximum atomic E-state index is 12.8. The summed E-state index contributed by atoms with van der Waals surface area (Å²) in [6, 6.07) is 0. The number of ether oxygens (including phenoxy) is 1. The SMILES string of the molecule is C[C@@]12CC[C@@H]3[C@H](OC(=O)[C@H]3CN3CCNCC3)[C@@H]3[C@]1(CC[C@@]3(C)O)C2. The minimum Gasteiger partial charge on any atom is -0.461 e. The van der Waals surface area contributed by atoms with E-state index in [9.17, 15) is 9.90 Å². The molecule has 0 aromatic carbocycles. The van der Waals surface area contributed by atoms with Gasteiger partial charge in [0.25, 0.3) is 0 Å². The fraction of sp³-hybridized carbons (Fsp3) is 0.950. The third-order valence-electron chi connectivity index (χ3n) is 8.64. The minimum absolute atomic E-state index is 0.00218. The lowest BCUT2D eigenvalue weighted by molar-refractivity contribution is -0.151. The topological polar surface area (TPSA) is 61.8 Å². The second-order valence-electron chi connectivity index (χ2n) is 9.99. The number of carbonyl (C=O) groups excluding carboxylic acids is 1. The van der Waals surface area contributed by atoms with Crippen LogP contribution in [0.4, 0.5) is 0 Å². The van der Waals surface area contributed by atoms with Gasteiger partial charge >= 0.3 is 5.97 Å². The molecular formula is C20H32N2O3. The van der Waals surface area contributed by atoms with E-state index in [1.165, 1.54) is 12.8 Å². The van der Waals surface area contributed by atoms with Crippen molar-refractivity contribution in [3.63, 3.8) is 0 Å². The van der Waals surface area contributed by atoms with Gasteiger partial charge in [0.1, 0.15) is 6.10 Å². The lowest BCUT2D eigenvalue weighted by Crippen LogP contribution is -2.47. The molecule has 2 heterocycles. The van der Waals surface area contributed by atoms with Crippen molar-refractivity contribution in [3.8, 4) is 0 Å². The number of hydrogen-bond acceptors (Lipinski definition) is 5. The molecule has 0 amide bonds. The molecule has 0 aromatic rings. The van der Waals surface area contributed by atoms with Crippen LogP contribution in [0.2, 0.25) is 0 Å². The summed E-state index contributed by atoms with van der Waals surface area (Å²) in [4.78, 5) is 15.2. The van der Waals surface area contributed by atoms with Crippen LogP contribution in [-0.4, -0.2) is 60.4 Å². The van der Waals surface area contributed by atoms with Crippen LogP contribution < -0.4 is 5.32 Å². The Morgan fingerprint density at radius 1 is 1.24 bits per heavy atom. The molecule has 7 atom stereocenters. The number of piperazine rings is 1. The molecule has 0 radical (unpaired) electrons. The molecule has 2 N–H and O–H groups in total. The summed E-state index contributed by atoms with van der Waals surface area (Å²) in [7, 11) is 0. The number of fused-ring (bicyclic) bond motifs is 2. The highest BCUT2D eigenvalue weighted by Crippen LogP contribution is 2.80. The van der Waals surface area contributed by atoms with Crippen LogP contribution in [0.15, 0.2) is 0 Å². The lowest BCUT2D eigenvalue weighted by atomic mass is 9.73. The molecule has 5 nitrogen and oxygen atoms in total. The Labute approximate surface area is 150 Å². The Morgan fingerprint density at radius 3 is 2.76 bits per heavy atom. The Balaban J connectivity index is 1.43. The van der Waals surface area contributed by atoms with Gasteiger partial charge in [-0.05, 0) is 49.9 Å². The predicted octanol–water partition coefficient (Wildman–Crippen LogP) is 1.40. The highest BCUT2D eigenvalue weighted by Gasteiger charge is 2.77. The van der Waals surface area contributed by atoms with Gasteiger partial charge in [0, 0.05) is 44.6 Å². The van der Waals surface area contributed by atoms with E-state index in [1.54, 1.807) is 0 Å². The summed E-state index contributed by atoms with van der Waals surface area (Å²) < 4.78 is 6.04. The van der Waals surface area contributed by atoms with Crippen molar-refractivity contribution < 1.29 is 14.6 Å². The average molecular weight is 348 g/mol.